The van der Waals surface area contributed by atoms with Gasteiger partial charge in [0.25, 0.3) is 0 Å². The summed E-state index contributed by atoms with van der Waals surface area (Å²) in [6.07, 6.45) is 2.11. The molecule has 0 nitrogen and oxygen atoms in total. The lowest BCUT2D eigenvalue weighted by molar-refractivity contribution is 1.42. The second kappa shape index (κ2) is 7.90. The van der Waals surface area contributed by atoms with Crippen LogP contribution in [0.1, 0.15) is 16.7 Å². The Morgan fingerprint density at radius 2 is 1.40 bits per heavy atom. The summed E-state index contributed by atoms with van der Waals surface area (Å²) in [6, 6.07) is 26.3. The Kier molecular flexibility index (Phi) is 5.62. The van der Waals surface area contributed by atoms with Gasteiger partial charge in [-0.1, -0.05) is 88.8 Å². The van der Waals surface area contributed by atoms with Gasteiger partial charge in [0.2, 0.25) is 0 Å². The maximum Gasteiger partial charge on any atom is 0.155 e. The fourth-order valence-electron chi connectivity index (χ4n) is 3.22. The molecule has 0 bridgehead atoms. The van der Waals surface area contributed by atoms with Crippen molar-refractivity contribution >= 4 is 36.1 Å². The quantitative estimate of drug-likeness (QED) is 0.462. The van der Waals surface area contributed by atoms with Crippen molar-refractivity contribution in [1.82, 2.24) is 0 Å². The molecule has 0 fully saturated rings. The standard InChI is InChI=1S/C23H23SSi/c1-17-9-8-10-18(2)23(17)25(22-11-6-5-7-12-22)19(3)20-13-15-21(24-4)16-14-20/h5-16H,3H2,1-2,4H3. The second-order valence-electron chi connectivity index (χ2n) is 6.21. The molecule has 0 aliphatic carbocycles. The van der Waals surface area contributed by atoms with Crippen LogP contribution in [-0.2, 0) is 0 Å². The number of benzene rings is 3. The summed E-state index contributed by atoms with van der Waals surface area (Å²) >= 11 is 1.77. The highest BCUT2D eigenvalue weighted by atomic mass is 32.2. The normalized spacial score (nSPS) is 10.9. The zero-order chi connectivity index (χ0) is 17.8. The zero-order valence-electron chi connectivity index (χ0n) is 15.0. The average Bonchev–Trinajstić information content (AvgIpc) is 2.65. The molecule has 3 rings (SSSR count). The molecular formula is C23H23SSi. The Morgan fingerprint density at radius 1 is 0.800 bits per heavy atom. The Balaban J connectivity index is 2.12. The van der Waals surface area contributed by atoms with Gasteiger partial charge in [-0.3, -0.25) is 0 Å². The van der Waals surface area contributed by atoms with Crippen LogP contribution in [0.15, 0.2) is 84.3 Å². The lowest BCUT2D eigenvalue weighted by atomic mass is 10.1. The summed E-state index contributed by atoms with van der Waals surface area (Å²) in [7, 11) is -1.11. The fourth-order valence-corrected chi connectivity index (χ4v) is 6.50. The summed E-state index contributed by atoms with van der Waals surface area (Å²) in [4.78, 5) is 1.29. The number of thioether (sulfide) groups is 1. The summed E-state index contributed by atoms with van der Waals surface area (Å²) in [5.74, 6) is 0. The zero-order valence-corrected chi connectivity index (χ0v) is 16.9. The van der Waals surface area contributed by atoms with E-state index in [1.165, 1.54) is 37.2 Å². The van der Waals surface area contributed by atoms with Crippen LogP contribution in [0.5, 0.6) is 0 Å². The van der Waals surface area contributed by atoms with E-state index in [0.717, 1.165) is 0 Å². The van der Waals surface area contributed by atoms with E-state index in [-0.39, 0.29) is 0 Å². The second-order valence-corrected chi connectivity index (χ2v) is 9.53. The maximum absolute atomic E-state index is 4.55. The van der Waals surface area contributed by atoms with Gasteiger partial charge in [-0.05, 0) is 43.0 Å². The minimum absolute atomic E-state index is 1.11. The highest BCUT2D eigenvalue weighted by Crippen LogP contribution is 2.22. The Hall–Kier alpha value is -2.03. The van der Waals surface area contributed by atoms with E-state index in [9.17, 15) is 0 Å². The molecule has 0 heterocycles. The summed E-state index contributed by atoms with van der Waals surface area (Å²) in [6.45, 7) is 9.00. The third kappa shape index (κ3) is 3.81. The predicted octanol–water partition coefficient (Wildman–Crippen LogP) is 4.89. The van der Waals surface area contributed by atoms with E-state index in [1.807, 2.05) is 0 Å². The van der Waals surface area contributed by atoms with Crippen molar-refractivity contribution < 1.29 is 0 Å². The van der Waals surface area contributed by atoms with Crippen LogP contribution in [0.3, 0.4) is 0 Å². The number of hydrogen-bond acceptors (Lipinski definition) is 1. The molecule has 0 aliphatic heterocycles. The van der Waals surface area contributed by atoms with E-state index >= 15 is 0 Å². The van der Waals surface area contributed by atoms with Crippen LogP contribution >= 0.6 is 11.8 Å². The molecule has 0 aliphatic rings. The topological polar surface area (TPSA) is 0 Å². The summed E-state index contributed by atoms with van der Waals surface area (Å²) < 4.78 is 0. The van der Waals surface area contributed by atoms with Gasteiger partial charge < -0.3 is 0 Å². The highest BCUT2D eigenvalue weighted by molar-refractivity contribution is 7.98. The molecular weight excluding hydrogens is 336 g/mol. The predicted molar refractivity (Wildman–Crippen MR) is 115 cm³/mol. The molecule has 0 saturated heterocycles. The van der Waals surface area contributed by atoms with Crippen LogP contribution in [-0.4, -0.2) is 15.1 Å². The van der Waals surface area contributed by atoms with Crippen LogP contribution in [0.2, 0.25) is 0 Å². The van der Waals surface area contributed by atoms with E-state index in [4.69, 9.17) is 0 Å². The Morgan fingerprint density at radius 3 is 1.96 bits per heavy atom. The van der Waals surface area contributed by atoms with Gasteiger partial charge in [-0.15, -0.1) is 11.8 Å². The molecule has 0 spiro atoms. The largest absolute Gasteiger partial charge is 0.155 e. The van der Waals surface area contributed by atoms with Gasteiger partial charge in [0.15, 0.2) is 8.80 Å². The molecule has 125 valence electrons. The molecule has 0 saturated carbocycles. The van der Waals surface area contributed by atoms with Crippen LogP contribution < -0.4 is 10.4 Å². The van der Waals surface area contributed by atoms with Crippen LogP contribution in [0.4, 0.5) is 0 Å². The Bertz CT molecular complexity index is 846. The first-order valence-corrected chi connectivity index (χ1v) is 11.2. The molecule has 25 heavy (non-hydrogen) atoms. The smallest absolute Gasteiger partial charge is 0.130 e. The molecule has 0 N–H and O–H groups in total. The minimum Gasteiger partial charge on any atom is -0.130 e. The van der Waals surface area contributed by atoms with Crippen molar-refractivity contribution in [2.24, 2.45) is 0 Å². The van der Waals surface area contributed by atoms with E-state index in [1.54, 1.807) is 11.8 Å². The van der Waals surface area contributed by atoms with Crippen molar-refractivity contribution in [3.05, 3.63) is 96.1 Å². The molecule has 2 heteroatoms. The van der Waals surface area contributed by atoms with Crippen molar-refractivity contribution in [3.63, 3.8) is 0 Å². The Labute approximate surface area is 157 Å². The fraction of sp³-hybridized carbons (Fsp3) is 0.130. The van der Waals surface area contributed by atoms with Crippen LogP contribution in [0.25, 0.3) is 5.20 Å². The number of rotatable bonds is 5. The minimum atomic E-state index is -1.11. The molecule has 0 aromatic heterocycles. The lowest BCUT2D eigenvalue weighted by Gasteiger charge is -2.23. The highest BCUT2D eigenvalue weighted by Gasteiger charge is 2.24. The SMILES string of the molecule is C=C(c1ccc(SC)cc1)[Si](c1ccccc1)c1c(C)cccc1C. The summed E-state index contributed by atoms with van der Waals surface area (Å²) in [5, 5.41) is 4.11. The first kappa shape index (κ1) is 17.8. The maximum atomic E-state index is 4.55. The van der Waals surface area contributed by atoms with Crippen molar-refractivity contribution in [1.29, 1.82) is 0 Å². The van der Waals surface area contributed by atoms with Gasteiger partial charge in [0.1, 0.15) is 0 Å². The first-order valence-electron chi connectivity index (χ1n) is 8.44. The average molecular weight is 360 g/mol. The molecule has 0 atom stereocenters. The van der Waals surface area contributed by atoms with Gasteiger partial charge in [0.05, 0.1) is 0 Å². The third-order valence-corrected chi connectivity index (χ3v) is 8.37. The van der Waals surface area contributed by atoms with Crippen molar-refractivity contribution in [3.8, 4) is 0 Å². The van der Waals surface area contributed by atoms with Crippen molar-refractivity contribution in [2.75, 3.05) is 6.26 Å². The molecule has 3 aromatic carbocycles. The molecule has 0 amide bonds. The first-order chi connectivity index (χ1) is 12.1. The van der Waals surface area contributed by atoms with Gasteiger partial charge in [-0.25, -0.2) is 0 Å². The third-order valence-electron chi connectivity index (χ3n) is 4.53. The van der Waals surface area contributed by atoms with Gasteiger partial charge in [0, 0.05) is 4.90 Å². The van der Waals surface area contributed by atoms with E-state index in [2.05, 4.69) is 99.5 Å². The lowest BCUT2D eigenvalue weighted by Crippen LogP contribution is -2.45. The molecule has 1 radical (unpaired) electrons. The monoisotopic (exact) mass is 359 g/mol. The summed E-state index contributed by atoms with van der Waals surface area (Å²) in [5.41, 5.74) is 3.97. The number of aryl methyl sites for hydroxylation is 2. The van der Waals surface area contributed by atoms with Crippen LogP contribution in [0, 0.1) is 13.8 Å². The van der Waals surface area contributed by atoms with Gasteiger partial charge >= 0.3 is 0 Å². The molecule has 0 unspecified atom stereocenters. The number of hydrogen-bond donors (Lipinski definition) is 0. The molecule has 3 aromatic rings. The van der Waals surface area contributed by atoms with E-state index < -0.39 is 8.80 Å². The van der Waals surface area contributed by atoms with Crippen molar-refractivity contribution in [2.45, 2.75) is 18.7 Å². The van der Waals surface area contributed by atoms with E-state index in [0.29, 0.717) is 0 Å². The van der Waals surface area contributed by atoms with Gasteiger partial charge in [-0.2, -0.15) is 0 Å².